The highest BCUT2D eigenvalue weighted by Gasteiger charge is 2.36. The predicted molar refractivity (Wildman–Crippen MR) is 126 cm³/mol. The molecule has 204 valence electrons. The van der Waals surface area contributed by atoms with Crippen LogP contribution in [0.3, 0.4) is 0 Å². The number of amides is 2. The lowest BCUT2D eigenvalue weighted by molar-refractivity contribution is -0.345. The Morgan fingerprint density at radius 3 is 2.41 bits per heavy atom. The monoisotopic (exact) mass is 527 g/mol. The zero-order valence-electron chi connectivity index (χ0n) is 21.0. The Balaban J connectivity index is 1.56. The van der Waals surface area contributed by atoms with E-state index >= 15 is 0 Å². The molecule has 10 nitrogen and oxygen atoms in total. The maximum Gasteiger partial charge on any atom is 0.522 e. The summed E-state index contributed by atoms with van der Waals surface area (Å²) in [6.45, 7) is 6.14. The molecule has 0 bridgehead atoms. The molecular weight excluding hydrogens is 495 g/mol. The molecule has 0 aromatic carbocycles. The molecule has 1 unspecified atom stereocenters. The van der Waals surface area contributed by atoms with E-state index in [-0.39, 0.29) is 55.8 Å². The highest BCUT2D eigenvalue weighted by atomic mass is 19.4. The Morgan fingerprint density at radius 2 is 1.84 bits per heavy atom. The minimum absolute atomic E-state index is 0.00863. The van der Waals surface area contributed by atoms with Crippen molar-refractivity contribution in [2.45, 2.75) is 77.9 Å². The van der Waals surface area contributed by atoms with E-state index in [1.807, 2.05) is 13.8 Å². The Bertz CT molecular complexity index is 1230. The number of aromatic nitrogens is 3. The highest BCUT2D eigenvalue weighted by molar-refractivity contribution is 5.96. The molecule has 4 rings (SSSR count). The lowest BCUT2D eigenvalue weighted by Gasteiger charge is -2.33. The molecule has 1 aliphatic heterocycles. The van der Waals surface area contributed by atoms with Crippen molar-refractivity contribution in [3.8, 4) is 5.88 Å². The quantitative estimate of drug-likeness (QED) is 0.545. The maximum atomic E-state index is 13.1. The summed E-state index contributed by atoms with van der Waals surface area (Å²) in [5.74, 6) is -1.83. The van der Waals surface area contributed by atoms with Crippen molar-refractivity contribution < 1.29 is 32.6 Å². The normalized spacial score (nSPS) is 18.0. The Morgan fingerprint density at radius 1 is 1.19 bits per heavy atom. The van der Waals surface area contributed by atoms with Crippen LogP contribution in [0, 0.1) is 11.8 Å². The number of aromatic hydroxyl groups is 1. The number of ether oxygens (including phenoxy) is 1. The van der Waals surface area contributed by atoms with Gasteiger partial charge in [-0.15, -0.1) is 13.2 Å². The van der Waals surface area contributed by atoms with E-state index < -0.39 is 35.7 Å². The number of hydrogen-bond donors (Lipinski definition) is 2. The second-order valence-electron chi connectivity index (χ2n) is 10.4. The summed E-state index contributed by atoms with van der Waals surface area (Å²) >= 11 is 0. The topological polar surface area (TPSA) is 118 Å². The number of hydrogen-bond acceptors (Lipinski definition) is 6. The van der Waals surface area contributed by atoms with Gasteiger partial charge in [0.25, 0.3) is 11.5 Å². The van der Waals surface area contributed by atoms with Gasteiger partial charge >= 0.3 is 6.36 Å². The molecule has 2 N–H and O–H groups in total. The standard InChI is InChI=1S/C24H32F3N5O5/c1-13(2)12-31-20-15(10-14(3)21(34)30-8-6-17(7-9-30)37-24(25,26)27)11-28-32(20)23(36)18(22(31)35)19(33)29-16-4-5-16/h11,13-14,16-17,35H,4-10,12H2,1-3H3,(H,29,33). The van der Waals surface area contributed by atoms with E-state index in [9.17, 15) is 32.7 Å². The van der Waals surface area contributed by atoms with Crippen LogP contribution in [0.1, 0.15) is 62.4 Å². The van der Waals surface area contributed by atoms with Crippen LogP contribution >= 0.6 is 0 Å². The third-order valence-corrected chi connectivity index (χ3v) is 6.65. The van der Waals surface area contributed by atoms with Gasteiger partial charge in [0, 0.05) is 37.2 Å². The van der Waals surface area contributed by atoms with Crippen molar-refractivity contribution in [3.63, 3.8) is 0 Å². The van der Waals surface area contributed by atoms with Crippen LogP contribution < -0.4 is 10.9 Å². The molecule has 3 heterocycles. The summed E-state index contributed by atoms with van der Waals surface area (Å²) in [5.41, 5.74) is -0.278. The average Bonchev–Trinajstić information content (AvgIpc) is 3.52. The number of carbonyl (C=O) groups excluding carboxylic acids is 2. The SMILES string of the molecule is CC(C)Cn1c(O)c(C(=O)NC2CC2)c(=O)n2ncc(CC(C)C(=O)N3CCC(OC(F)(F)F)CC3)c12. The minimum atomic E-state index is -4.70. The van der Waals surface area contributed by atoms with Crippen LogP contribution in [0.2, 0.25) is 0 Å². The first-order chi connectivity index (χ1) is 17.4. The van der Waals surface area contributed by atoms with E-state index in [1.54, 1.807) is 6.92 Å². The number of carbonyl (C=O) groups is 2. The van der Waals surface area contributed by atoms with Crippen LogP contribution in [0.4, 0.5) is 13.2 Å². The Labute approximate surface area is 211 Å². The van der Waals surface area contributed by atoms with E-state index in [1.165, 1.54) is 15.7 Å². The first kappa shape index (κ1) is 27.0. The zero-order chi connectivity index (χ0) is 27.1. The highest BCUT2D eigenvalue weighted by Crippen LogP contribution is 2.27. The van der Waals surface area contributed by atoms with Gasteiger partial charge in [-0.3, -0.25) is 23.7 Å². The Kier molecular flexibility index (Phi) is 7.54. The number of fused-ring (bicyclic) bond motifs is 1. The smallest absolute Gasteiger partial charge is 0.494 e. The number of nitrogens with one attached hydrogen (secondary N) is 1. The lowest BCUT2D eigenvalue weighted by Crippen LogP contribution is -2.44. The second kappa shape index (κ2) is 10.3. The molecule has 1 atom stereocenters. The summed E-state index contributed by atoms with van der Waals surface area (Å²) in [6, 6.07) is -0.00863. The summed E-state index contributed by atoms with van der Waals surface area (Å²) in [4.78, 5) is 40.4. The van der Waals surface area contributed by atoms with Gasteiger partial charge < -0.3 is 15.3 Å². The summed E-state index contributed by atoms with van der Waals surface area (Å²) in [5, 5.41) is 17.9. The molecular formula is C24H32F3N5O5. The number of rotatable bonds is 8. The van der Waals surface area contributed by atoms with Crippen molar-refractivity contribution >= 4 is 17.5 Å². The molecule has 2 aromatic heterocycles. The van der Waals surface area contributed by atoms with Crippen molar-refractivity contribution in [3.05, 3.63) is 27.7 Å². The van der Waals surface area contributed by atoms with Gasteiger partial charge in [-0.1, -0.05) is 20.8 Å². The van der Waals surface area contributed by atoms with E-state index in [0.717, 1.165) is 17.4 Å². The van der Waals surface area contributed by atoms with Gasteiger partial charge in [0.1, 0.15) is 5.65 Å². The van der Waals surface area contributed by atoms with Gasteiger partial charge in [-0.05, 0) is 38.0 Å². The molecule has 13 heteroatoms. The van der Waals surface area contributed by atoms with E-state index in [4.69, 9.17) is 0 Å². The summed E-state index contributed by atoms with van der Waals surface area (Å²) < 4.78 is 44.1. The zero-order valence-corrected chi connectivity index (χ0v) is 21.0. The number of likely N-dealkylation sites (tertiary alicyclic amines) is 1. The van der Waals surface area contributed by atoms with E-state index in [0.29, 0.717) is 17.8 Å². The first-order valence-electron chi connectivity index (χ1n) is 12.5. The summed E-state index contributed by atoms with van der Waals surface area (Å²) in [6.07, 6.45) is -2.24. The van der Waals surface area contributed by atoms with Crippen LogP contribution in [0.5, 0.6) is 5.88 Å². The van der Waals surface area contributed by atoms with Gasteiger partial charge in [0.2, 0.25) is 11.8 Å². The number of piperidine rings is 1. The lowest BCUT2D eigenvalue weighted by atomic mass is 9.99. The van der Waals surface area contributed by atoms with Gasteiger partial charge in [0.15, 0.2) is 5.56 Å². The van der Waals surface area contributed by atoms with Gasteiger partial charge in [-0.2, -0.15) is 9.61 Å². The first-order valence-corrected chi connectivity index (χ1v) is 12.5. The largest absolute Gasteiger partial charge is 0.522 e. The molecule has 2 aromatic rings. The molecule has 1 aliphatic carbocycles. The van der Waals surface area contributed by atoms with Crippen molar-refractivity contribution in [1.82, 2.24) is 24.4 Å². The fourth-order valence-electron chi connectivity index (χ4n) is 4.73. The van der Waals surface area contributed by atoms with E-state index in [2.05, 4.69) is 15.2 Å². The molecule has 37 heavy (non-hydrogen) atoms. The molecule has 2 amide bonds. The average molecular weight is 528 g/mol. The molecule has 1 saturated heterocycles. The fraction of sp³-hybridized carbons (Fsp3) is 0.667. The van der Waals surface area contributed by atoms with Crippen LogP contribution in [0.15, 0.2) is 11.0 Å². The second-order valence-corrected chi connectivity index (χ2v) is 10.4. The van der Waals surface area contributed by atoms with Crippen LogP contribution in [-0.4, -0.2) is 67.6 Å². The molecule has 0 radical (unpaired) electrons. The Hall–Kier alpha value is -3.09. The molecule has 2 aliphatic rings. The van der Waals surface area contributed by atoms with Crippen molar-refractivity contribution in [2.24, 2.45) is 11.8 Å². The van der Waals surface area contributed by atoms with Gasteiger partial charge in [0.05, 0.1) is 12.3 Å². The number of alkyl halides is 3. The maximum absolute atomic E-state index is 13.1. The molecule has 0 spiro atoms. The summed E-state index contributed by atoms with van der Waals surface area (Å²) in [7, 11) is 0. The molecule has 2 fully saturated rings. The fourth-order valence-corrected chi connectivity index (χ4v) is 4.73. The third kappa shape index (κ3) is 6.08. The molecule has 1 saturated carbocycles. The predicted octanol–water partition coefficient (Wildman–Crippen LogP) is 2.46. The number of halogens is 3. The van der Waals surface area contributed by atoms with Crippen molar-refractivity contribution in [2.75, 3.05) is 13.1 Å². The minimum Gasteiger partial charge on any atom is -0.494 e. The number of nitrogens with zero attached hydrogens (tertiary/aromatic N) is 4. The van der Waals surface area contributed by atoms with Gasteiger partial charge in [-0.25, -0.2) is 0 Å². The van der Waals surface area contributed by atoms with Crippen LogP contribution in [-0.2, 0) is 22.5 Å². The third-order valence-electron chi connectivity index (χ3n) is 6.65. The van der Waals surface area contributed by atoms with Crippen LogP contribution in [0.25, 0.3) is 5.65 Å². The van der Waals surface area contributed by atoms with Crippen molar-refractivity contribution in [1.29, 1.82) is 0 Å².